The third-order valence-electron chi connectivity index (χ3n) is 3.24. The summed E-state index contributed by atoms with van der Waals surface area (Å²) in [5.74, 6) is -0.510. The van der Waals surface area contributed by atoms with E-state index in [1.54, 1.807) is 13.8 Å². The lowest BCUT2D eigenvalue weighted by Crippen LogP contribution is -2.52. The molecular weight excluding hydrogens is 396 g/mol. The lowest BCUT2D eigenvalue weighted by Gasteiger charge is -2.38. The highest BCUT2D eigenvalue weighted by Crippen LogP contribution is 2.25. The van der Waals surface area contributed by atoms with Gasteiger partial charge < -0.3 is 22.8 Å². The molecule has 0 amide bonds. The van der Waals surface area contributed by atoms with Gasteiger partial charge in [-0.2, -0.15) is 0 Å². The summed E-state index contributed by atoms with van der Waals surface area (Å²) in [6, 6.07) is 0.855. The second-order valence-corrected chi connectivity index (χ2v) is 22.4. The van der Waals surface area contributed by atoms with Crippen LogP contribution < -0.4 is 0 Å². The van der Waals surface area contributed by atoms with Crippen LogP contribution in [0.2, 0.25) is 51.9 Å². The summed E-state index contributed by atoms with van der Waals surface area (Å²) in [5.41, 5.74) is -0.920. The molecule has 9 heteroatoms. The SMILES string of the molecule is C=C(C)C(=O)OCC(C)(O)COCCC[Si](C)(O[Si](C)(C)C)O[Si](C)(C)C. The molecule has 160 valence electrons. The number of hydrogen-bond acceptors (Lipinski definition) is 6. The van der Waals surface area contributed by atoms with E-state index in [4.69, 9.17) is 17.7 Å². The Morgan fingerprint density at radius 3 is 1.89 bits per heavy atom. The first-order chi connectivity index (χ1) is 11.9. The van der Waals surface area contributed by atoms with Crippen molar-refractivity contribution in [3.63, 3.8) is 0 Å². The number of carbonyl (C=O) groups is 1. The lowest BCUT2D eigenvalue weighted by molar-refractivity contribution is -0.149. The molecule has 0 fully saturated rings. The molecule has 0 saturated carbocycles. The largest absolute Gasteiger partial charge is 0.459 e. The van der Waals surface area contributed by atoms with Crippen molar-refractivity contribution in [1.82, 2.24) is 0 Å². The molecule has 0 aliphatic heterocycles. The summed E-state index contributed by atoms with van der Waals surface area (Å²) in [6.45, 7) is 22.4. The van der Waals surface area contributed by atoms with E-state index in [9.17, 15) is 9.90 Å². The predicted molar refractivity (Wildman–Crippen MR) is 117 cm³/mol. The van der Waals surface area contributed by atoms with Gasteiger partial charge in [-0.1, -0.05) is 6.58 Å². The summed E-state index contributed by atoms with van der Waals surface area (Å²) in [7, 11) is -5.66. The van der Waals surface area contributed by atoms with E-state index in [-0.39, 0.29) is 13.2 Å². The molecule has 0 aliphatic rings. The summed E-state index contributed by atoms with van der Waals surface area (Å²) >= 11 is 0. The molecular formula is C18H40O6Si3. The summed E-state index contributed by atoms with van der Waals surface area (Å²) < 4.78 is 23.5. The highest BCUT2D eigenvalue weighted by atomic mass is 28.5. The number of rotatable bonds is 13. The number of hydrogen-bond donors (Lipinski definition) is 1. The van der Waals surface area contributed by atoms with Crippen molar-refractivity contribution < 1.29 is 27.6 Å². The minimum Gasteiger partial charge on any atom is -0.459 e. The number of ether oxygens (including phenoxy) is 2. The summed E-state index contributed by atoms with van der Waals surface area (Å²) in [4.78, 5) is 11.4. The third-order valence-corrected chi connectivity index (χ3v) is 12.9. The van der Waals surface area contributed by atoms with Crippen molar-refractivity contribution in [3.8, 4) is 0 Å². The van der Waals surface area contributed by atoms with Gasteiger partial charge in [0.2, 0.25) is 0 Å². The molecule has 0 saturated heterocycles. The molecule has 1 atom stereocenters. The molecule has 27 heavy (non-hydrogen) atoms. The van der Waals surface area contributed by atoms with Gasteiger partial charge in [-0.3, -0.25) is 0 Å². The van der Waals surface area contributed by atoms with Gasteiger partial charge >= 0.3 is 14.5 Å². The molecule has 0 bridgehead atoms. The Balaban J connectivity index is 4.44. The van der Waals surface area contributed by atoms with Crippen LogP contribution in [-0.4, -0.2) is 61.7 Å². The van der Waals surface area contributed by atoms with Crippen LogP contribution in [0.4, 0.5) is 0 Å². The normalized spacial score (nSPS) is 15.3. The van der Waals surface area contributed by atoms with Gasteiger partial charge in [0.25, 0.3) is 0 Å². The maximum atomic E-state index is 11.4. The van der Waals surface area contributed by atoms with E-state index in [0.29, 0.717) is 12.2 Å². The molecule has 6 nitrogen and oxygen atoms in total. The van der Waals surface area contributed by atoms with Gasteiger partial charge in [-0.25, -0.2) is 4.79 Å². The van der Waals surface area contributed by atoms with E-state index < -0.39 is 36.8 Å². The Morgan fingerprint density at radius 2 is 1.48 bits per heavy atom. The van der Waals surface area contributed by atoms with Crippen LogP contribution >= 0.6 is 0 Å². The van der Waals surface area contributed by atoms with E-state index in [1.165, 1.54) is 0 Å². The topological polar surface area (TPSA) is 74.2 Å². The molecule has 0 heterocycles. The minimum atomic E-state index is -2.26. The third kappa shape index (κ3) is 14.4. The van der Waals surface area contributed by atoms with Gasteiger partial charge in [0.15, 0.2) is 16.6 Å². The molecule has 0 spiro atoms. The number of esters is 1. The molecule has 0 aromatic heterocycles. The lowest BCUT2D eigenvalue weighted by atomic mass is 10.1. The van der Waals surface area contributed by atoms with Crippen LogP contribution in [0.25, 0.3) is 0 Å². The van der Waals surface area contributed by atoms with Gasteiger partial charge in [0, 0.05) is 12.2 Å². The van der Waals surface area contributed by atoms with Gasteiger partial charge in [0.05, 0.1) is 6.61 Å². The standard InChI is InChI=1S/C18H40O6Si3/c1-16(2)17(19)22-15-18(3,20)14-21-12-11-13-27(10,23-25(4,5)6)24-26(7,8)9/h20H,1,11-15H2,2-10H3. The Kier molecular flexibility index (Phi) is 10.4. The minimum absolute atomic E-state index is 0.0957. The van der Waals surface area contributed by atoms with Crippen molar-refractivity contribution >= 4 is 31.2 Å². The zero-order valence-electron chi connectivity index (χ0n) is 18.7. The number of carbonyl (C=O) groups excluding carboxylic acids is 1. The Hall–Kier alpha value is -0.299. The van der Waals surface area contributed by atoms with Crippen LogP contribution in [0.3, 0.4) is 0 Å². The second-order valence-electron chi connectivity index (χ2n) is 9.57. The monoisotopic (exact) mass is 436 g/mol. The number of aliphatic hydroxyl groups is 1. The Morgan fingerprint density at radius 1 is 1.00 bits per heavy atom. The molecule has 0 radical (unpaired) electrons. The smallest absolute Gasteiger partial charge is 0.333 e. The predicted octanol–water partition coefficient (Wildman–Crippen LogP) is 4.04. The van der Waals surface area contributed by atoms with E-state index >= 15 is 0 Å². The average molecular weight is 437 g/mol. The highest BCUT2D eigenvalue weighted by molar-refractivity contribution is 6.87. The van der Waals surface area contributed by atoms with Crippen molar-refractivity contribution in [3.05, 3.63) is 12.2 Å². The van der Waals surface area contributed by atoms with Crippen LogP contribution in [0, 0.1) is 0 Å². The molecule has 0 aliphatic carbocycles. The first-order valence-electron chi connectivity index (χ1n) is 9.48. The first kappa shape index (κ1) is 26.7. The zero-order chi connectivity index (χ0) is 21.5. The van der Waals surface area contributed by atoms with Crippen LogP contribution in [0.5, 0.6) is 0 Å². The first-order valence-corrected chi connectivity index (χ1v) is 18.8. The Labute approximate surface area is 168 Å². The van der Waals surface area contributed by atoms with Gasteiger partial charge in [0.1, 0.15) is 12.2 Å². The molecule has 0 aromatic carbocycles. The van der Waals surface area contributed by atoms with Gasteiger partial charge in [-0.15, -0.1) is 0 Å². The van der Waals surface area contributed by atoms with Gasteiger partial charge in [-0.05, 0) is 72.1 Å². The van der Waals surface area contributed by atoms with Crippen molar-refractivity contribution in [2.45, 2.75) is 77.7 Å². The fraction of sp³-hybridized carbons (Fsp3) is 0.833. The van der Waals surface area contributed by atoms with Crippen molar-refractivity contribution in [2.75, 3.05) is 19.8 Å². The second kappa shape index (κ2) is 10.5. The zero-order valence-corrected chi connectivity index (χ0v) is 21.7. The quantitative estimate of drug-likeness (QED) is 0.203. The molecule has 0 aromatic rings. The van der Waals surface area contributed by atoms with Crippen molar-refractivity contribution in [1.29, 1.82) is 0 Å². The van der Waals surface area contributed by atoms with Crippen LogP contribution in [0.1, 0.15) is 20.3 Å². The molecule has 1 unspecified atom stereocenters. The van der Waals surface area contributed by atoms with Crippen LogP contribution in [0.15, 0.2) is 12.2 Å². The Bertz CT molecular complexity index is 478. The van der Waals surface area contributed by atoms with Crippen LogP contribution in [-0.2, 0) is 22.5 Å². The average Bonchev–Trinajstić information content (AvgIpc) is 2.39. The van der Waals surface area contributed by atoms with E-state index in [2.05, 4.69) is 52.4 Å². The van der Waals surface area contributed by atoms with E-state index in [0.717, 1.165) is 12.5 Å². The van der Waals surface area contributed by atoms with E-state index in [1.807, 2.05) is 0 Å². The maximum absolute atomic E-state index is 11.4. The fourth-order valence-corrected chi connectivity index (χ4v) is 15.1. The summed E-state index contributed by atoms with van der Waals surface area (Å²) in [5, 5.41) is 10.2. The fourth-order valence-electron chi connectivity index (χ4n) is 2.59. The maximum Gasteiger partial charge on any atom is 0.333 e. The molecule has 1 N–H and O–H groups in total. The molecule has 0 rings (SSSR count). The summed E-state index contributed by atoms with van der Waals surface area (Å²) in [6.07, 6.45) is 0.805. The highest BCUT2D eigenvalue weighted by Gasteiger charge is 2.39. The van der Waals surface area contributed by atoms with Crippen molar-refractivity contribution in [2.24, 2.45) is 0 Å².